The van der Waals surface area contributed by atoms with E-state index in [2.05, 4.69) is 16.4 Å². The van der Waals surface area contributed by atoms with Gasteiger partial charge in [-0.25, -0.2) is 4.79 Å². The van der Waals surface area contributed by atoms with Crippen LogP contribution in [0.5, 0.6) is 0 Å². The van der Waals surface area contributed by atoms with Crippen molar-refractivity contribution in [3.63, 3.8) is 0 Å². The van der Waals surface area contributed by atoms with E-state index >= 15 is 0 Å². The first-order valence-corrected chi connectivity index (χ1v) is 6.01. The predicted octanol–water partition coefficient (Wildman–Crippen LogP) is 1.79. The third-order valence-electron chi connectivity index (χ3n) is 3.67. The summed E-state index contributed by atoms with van der Waals surface area (Å²) in [6.07, 6.45) is 6.60. The number of carbonyl (C=O) groups excluding carboxylic acids is 1. The number of urea groups is 1. The monoisotopic (exact) mass is 229 g/mol. The van der Waals surface area contributed by atoms with Gasteiger partial charge < -0.3 is 11.1 Å². The summed E-state index contributed by atoms with van der Waals surface area (Å²) in [5.74, 6) is 0. The summed E-state index contributed by atoms with van der Waals surface area (Å²) >= 11 is 0. The minimum Gasteiger partial charge on any atom is -0.390 e. The number of anilines is 1. The van der Waals surface area contributed by atoms with Crippen LogP contribution in [0.15, 0.2) is 11.1 Å². The number of fused-ring (bicyclic) bond motifs is 2. The molecule has 0 spiro atoms. The number of benzene rings is 1. The summed E-state index contributed by atoms with van der Waals surface area (Å²) in [7, 11) is 0. The molecule has 4 heteroatoms. The Balaban J connectivity index is 2.01. The predicted molar refractivity (Wildman–Crippen MR) is 67.6 cm³/mol. The van der Waals surface area contributed by atoms with E-state index in [-0.39, 0.29) is 6.03 Å². The van der Waals surface area contributed by atoms with Crippen LogP contribution >= 0.6 is 0 Å². The minimum absolute atomic E-state index is 0.373. The normalized spacial score (nSPS) is 16.5. The lowest BCUT2D eigenvalue weighted by molar-refractivity contribution is 0.259. The maximum atomic E-state index is 11.5. The molecule has 1 aromatic carbocycles. The van der Waals surface area contributed by atoms with Crippen molar-refractivity contribution < 1.29 is 4.79 Å². The van der Waals surface area contributed by atoms with Crippen LogP contribution in [0.25, 0.3) is 0 Å². The molecule has 4 nitrogen and oxygen atoms in total. The van der Waals surface area contributed by atoms with Crippen molar-refractivity contribution in [1.29, 1.82) is 0 Å². The molecule has 0 bridgehead atoms. The van der Waals surface area contributed by atoms with Gasteiger partial charge in [-0.1, -0.05) is 6.07 Å². The van der Waals surface area contributed by atoms with Crippen molar-refractivity contribution in [2.45, 2.75) is 32.1 Å². The number of hydrogen-bond donors (Lipinski definition) is 2. The van der Waals surface area contributed by atoms with Crippen molar-refractivity contribution in [3.05, 3.63) is 28.3 Å². The molecule has 3 rings (SSSR count). The standard InChI is InChI=1S/C13H15N3O/c14-7-15-13(17)16-12-10-3-1-2-8(10)6-9-4-5-11(9)12/h6-7H,1-5H2,(H3,14,15,16,17). The van der Waals surface area contributed by atoms with E-state index in [0.717, 1.165) is 37.7 Å². The topological polar surface area (TPSA) is 67.5 Å². The van der Waals surface area contributed by atoms with E-state index in [0.29, 0.717) is 0 Å². The smallest absolute Gasteiger partial charge is 0.346 e. The maximum Gasteiger partial charge on any atom is 0.346 e. The Kier molecular flexibility index (Phi) is 2.35. The second kappa shape index (κ2) is 3.87. The lowest BCUT2D eigenvalue weighted by Crippen LogP contribution is -2.18. The first kappa shape index (κ1) is 10.3. The number of nitrogens with one attached hydrogen (secondary N) is 1. The van der Waals surface area contributed by atoms with Crippen LogP contribution in [0.2, 0.25) is 0 Å². The van der Waals surface area contributed by atoms with Crippen molar-refractivity contribution in [2.75, 3.05) is 5.32 Å². The molecule has 0 saturated heterocycles. The van der Waals surface area contributed by atoms with Crippen LogP contribution in [-0.2, 0) is 25.7 Å². The fourth-order valence-corrected chi connectivity index (χ4v) is 2.80. The van der Waals surface area contributed by atoms with Gasteiger partial charge in [0.05, 0.1) is 6.34 Å². The zero-order valence-electron chi connectivity index (χ0n) is 9.62. The van der Waals surface area contributed by atoms with Crippen LogP contribution in [-0.4, -0.2) is 12.4 Å². The Hall–Kier alpha value is -1.84. The number of carbonyl (C=O) groups is 1. The fraction of sp³-hybridized carbons (Fsp3) is 0.385. The molecule has 0 aromatic heterocycles. The zero-order valence-corrected chi connectivity index (χ0v) is 9.62. The molecule has 0 unspecified atom stereocenters. The Morgan fingerprint density at radius 2 is 2.00 bits per heavy atom. The average molecular weight is 229 g/mol. The van der Waals surface area contributed by atoms with Crippen LogP contribution < -0.4 is 11.1 Å². The van der Waals surface area contributed by atoms with Crippen molar-refractivity contribution in [2.24, 2.45) is 10.7 Å². The number of aliphatic imine (C=N–C) groups is 1. The first-order valence-electron chi connectivity index (χ1n) is 6.01. The van der Waals surface area contributed by atoms with Crippen molar-refractivity contribution in [3.8, 4) is 0 Å². The van der Waals surface area contributed by atoms with Crippen LogP contribution in [0.1, 0.15) is 28.7 Å². The summed E-state index contributed by atoms with van der Waals surface area (Å²) in [4.78, 5) is 15.1. The number of amides is 2. The van der Waals surface area contributed by atoms with Gasteiger partial charge in [-0.2, -0.15) is 4.99 Å². The summed E-state index contributed by atoms with van der Waals surface area (Å²) in [5.41, 5.74) is 11.5. The SMILES string of the molecule is NC=NC(=O)Nc1c2c(cc3c1CC3)CCC2. The molecule has 88 valence electrons. The second-order valence-electron chi connectivity index (χ2n) is 4.59. The number of aryl methyl sites for hydroxylation is 2. The minimum atomic E-state index is -0.373. The number of nitrogens with two attached hydrogens (primary N) is 1. The lowest BCUT2D eigenvalue weighted by atomic mass is 9.83. The largest absolute Gasteiger partial charge is 0.390 e. The first-order chi connectivity index (χ1) is 8.29. The van der Waals surface area contributed by atoms with Crippen LogP contribution in [0, 0.1) is 0 Å². The highest BCUT2D eigenvalue weighted by Crippen LogP contribution is 2.39. The summed E-state index contributed by atoms with van der Waals surface area (Å²) in [5, 5.41) is 2.89. The molecule has 0 heterocycles. The van der Waals surface area contributed by atoms with Crippen molar-refractivity contribution >= 4 is 18.1 Å². The Labute approximate surface area is 99.9 Å². The Morgan fingerprint density at radius 3 is 2.71 bits per heavy atom. The molecular weight excluding hydrogens is 214 g/mol. The molecule has 17 heavy (non-hydrogen) atoms. The molecule has 1 aromatic rings. The Morgan fingerprint density at radius 1 is 1.24 bits per heavy atom. The molecule has 0 atom stereocenters. The number of rotatable bonds is 1. The number of hydrogen-bond acceptors (Lipinski definition) is 1. The zero-order chi connectivity index (χ0) is 11.8. The Bertz CT molecular complexity index is 520. The third-order valence-corrected chi connectivity index (χ3v) is 3.67. The highest BCUT2D eigenvalue weighted by Gasteiger charge is 2.26. The molecule has 0 saturated carbocycles. The van der Waals surface area contributed by atoms with Gasteiger partial charge in [0.25, 0.3) is 0 Å². The van der Waals surface area contributed by atoms with Crippen molar-refractivity contribution in [1.82, 2.24) is 0 Å². The summed E-state index contributed by atoms with van der Waals surface area (Å²) in [6.45, 7) is 0. The maximum absolute atomic E-state index is 11.5. The molecule has 2 aliphatic rings. The molecule has 3 N–H and O–H groups in total. The summed E-state index contributed by atoms with van der Waals surface area (Å²) in [6, 6.07) is 1.94. The van der Waals surface area contributed by atoms with Gasteiger partial charge in [-0.05, 0) is 54.4 Å². The van der Waals surface area contributed by atoms with E-state index in [9.17, 15) is 4.79 Å². The third kappa shape index (κ3) is 1.60. The van der Waals surface area contributed by atoms with Gasteiger partial charge in [-0.3, -0.25) is 0 Å². The van der Waals surface area contributed by atoms with E-state index in [1.165, 1.54) is 28.7 Å². The second-order valence-corrected chi connectivity index (χ2v) is 4.59. The molecule has 0 aliphatic heterocycles. The van der Waals surface area contributed by atoms with Gasteiger partial charge in [-0.15, -0.1) is 0 Å². The fourth-order valence-electron chi connectivity index (χ4n) is 2.80. The van der Waals surface area contributed by atoms with E-state index in [1.807, 2.05) is 0 Å². The van der Waals surface area contributed by atoms with Crippen LogP contribution in [0.4, 0.5) is 10.5 Å². The van der Waals surface area contributed by atoms with E-state index in [1.54, 1.807) is 0 Å². The van der Waals surface area contributed by atoms with Crippen LogP contribution in [0.3, 0.4) is 0 Å². The molecule has 0 fully saturated rings. The quantitative estimate of drug-likeness (QED) is 0.569. The van der Waals surface area contributed by atoms with Gasteiger partial charge in [0.15, 0.2) is 0 Å². The number of nitrogens with zero attached hydrogens (tertiary/aromatic N) is 1. The lowest BCUT2D eigenvalue weighted by Gasteiger charge is -2.25. The molecule has 2 aliphatic carbocycles. The highest BCUT2D eigenvalue weighted by molar-refractivity contribution is 5.96. The van der Waals surface area contributed by atoms with E-state index in [4.69, 9.17) is 5.73 Å². The van der Waals surface area contributed by atoms with Gasteiger partial charge in [0.2, 0.25) is 0 Å². The van der Waals surface area contributed by atoms with Gasteiger partial charge in [0, 0.05) is 5.69 Å². The summed E-state index contributed by atoms with van der Waals surface area (Å²) < 4.78 is 0. The van der Waals surface area contributed by atoms with E-state index < -0.39 is 0 Å². The van der Waals surface area contributed by atoms with Gasteiger partial charge in [0.1, 0.15) is 0 Å². The van der Waals surface area contributed by atoms with Gasteiger partial charge >= 0.3 is 6.03 Å². The average Bonchev–Trinajstić information content (AvgIpc) is 2.71. The highest BCUT2D eigenvalue weighted by atomic mass is 16.2. The molecule has 2 amide bonds. The molecular formula is C13H15N3O. The molecule has 0 radical (unpaired) electrons.